The summed E-state index contributed by atoms with van der Waals surface area (Å²) in [6.45, 7) is 6.80. The molecule has 2 amide bonds. The lowest BCUT2D eigenvalue weighted by molar-refractivity contribution is -0.146. The van der Waals surface area contributed by atoms with Gasteiger partial charge >= 0.3 is 0 Å². The van der Waals surface area contributed by atoms with Gasteiger partial charge in [0.05, 0.1) is 12.0 Å². The number of carbonyl (C=O) groups excluding carboxylic acids is 2. The average Bonchev–Trinajstić information content (AvgIpc) is 2.37. The summed E-state index contributed by atoms with van der Waals surface area (Å²) in [5, 5.41) is 0. The van der Waals surface area contributed by atoms with Crippen LogP contribution in [0.15, 0.2) is 0 Å². The van der Waals surface area contributed by atoms with Gasteiger partial charge in [-0.1, -0.05) is 13.8 Å². The highest BCUT2D eigenvalue weighted by molar-refractivity contribution is 5.88. The van der Waals surface area contributed by atoms with Crippen LogP contribution >= 0.6 is 0 Å². The molecule has 0 rings (SSSR count). The van der Waals surface area contributed by atoms with Crippen LogP contribution in [-0.2, 0) is 9.59 Å². The molecule has 2 N–H and O–H groups in total. The number of hydrogen-bond acceptors (Lipinski definition) is 3. The third-order valence-electron chi connectivity index (χ3n) is 3.69. The van der Waals surface area contributed by atoms with Gasteiger partial charge < -0.3 is 15.5 Å². The summed E-state index contributed by atoms with van der Waals surface area (Å²) in [6.07, 6.45) is 1.40. The van der Waals surface area contributed by atoms with E-state index in [4.69, 9.17) is 5.73 Å². The quantitative estimate of drug-likeness (QED) is 0.729. The van der Waals surface area contributed by atoms with Crippen LogP contribution in [0.3, 0.4) is 0 Å². The van der Waals surface area contributed by atoms with Crippen LogP contribution in [0.2, 0.25) is 0 Å². The van der Waals surface area contributed by atoms with Crippen molar-refractivity contribution in [3.05, 3.63) is 0 Å². The maximum atomic E-state index is 12.5. The van der Waals surface area contributed by atoms with Crippen molar-refractivity contribution in [2.24, 2.45) is 11.1 Å². The molecule has 0 atom stereocenters. The molecule has 5 heteroatoms. The van der Waals surface area contributed by atoms with Crippen molar-refractivity contribution >= 4 is 11.8 Å². The third-order valence-corrected chi connectivity index (χ3v) is 3.69. The van der Waals surface area contributed by atoms with E-state index in [0.717, 1.165) is 0 Å². The van der Waals surface area contributed by atoms with Crippen molar-refractivity contribution in [1.29, 1.82) is 0 Å². The fourth-order valence-corrected chi connectivity index (χ4v) is 1.90. The number of hydrogen-bond donors (Lipinski definition) is 1. The molecule has 0 saturated carbocycles. The van der Waals surface area contributed by atoms with Gasteiger partial charge in [-0.2, -0.15) is 0 Å². The van der Waals surface area contributed by atoms with Gasteiger partial charge in [-0.3, -0.25) is 9.59 Å². The molecule has 0 radical (unpaired) electrons. The number of rotatable bonds is 7. The molecule has 0 unspecified atom stereocenters. The van der Waals surface area contributed by atoms with E-state index in [-0.39, 0.29) is 18.4 Å². The molecule has 5 nitrogen and oxygen atoms in total. The minimum Gasteiger partial charge on any atom is -0.347 e. The smallest absolute Gasteiger partial charge is 0.241 e. The highest BCUT2D eigenvalue weighted by atomic mass is 16.2. The Morgan fingerprint density at radius 1 is 1.11 bits per heavy atom. The first kappa shape index (κ1) is 16.9. The van der Waals surface area contributed by atoms with Crippen LogP contribution in [0.25, 0.3) is 0 Å². The topological polar surface area (TPSA) is 66.6 Å². The second-order valence-corrected chi connectivity index (χ2v) is 4.80. The van der Waals surface area contributed by atoms with E-state index in [1.54, 1.807) is 19.0 Å². The van der Waals surface area contributed by atoms with Gasteiger partial charge in [-0.05, 0) is 19.8 Å². The molecular formula is C13H27N3O2. The van der Waals surface area contributed by atoms with Gasteiger partial charge in [0.2, 0.25) is 11.8 Å². The summed E-state index contributed by atoms with van der Waals surface area (Å²) in [7, 11) is 3.38. The Labute approximate surface area is 110 Å². The molecule has 0 spiro atoms. The fraction of sp³-hybridized carbons (Fsp3) is 0.846. The minimum atomic E-state index is -0.525. The summed E-state index contributed by atoms with van der Waals surface area (Å²) in [4.78, 5) is 27.3. The summed E-state index contributed by atoms with van der Waals surface area (Å²) >= 11 is 0. The van der Waals surface area contributed by atoms with Crippen LogP contribution in [0.1, 0.15) is 33.6 Å². The van der Waals surface area contributed by atoms with Crippen molar-refractivity contribution in [2.75, 3.05) is 33.7 Å². The molecule has 0 aliphatic carbocycles. The standard InChI is InChI=1S/C13H27N3O2/c1-6-13(7-2,10-14)12(18)16(8-3)9-11(17)15(4)5/h6-10,14H2,1-5H3. The zero-order valence-corrected chi connectivity index (χ0v) is 12.3. The molecule has 0 aromatic heterocycles. The van der Waals surface area contributed by atoms with Crippen molar-refractivity contribution in [2.45, 2.75) is 33.6 Å². The number of nitrogens with zero attached hydrogens (tertiary/aromatic N) is 2. The van der Waals surface area contributed by atoms with E-state index in [2.05, 4.69) is 0 Å². The molecule has 0 bridgehead atoms. The van der Waals surface area contributed by atoms with Gasteiger partial charge in [0.15, 0.2) is 0 Å². The van der Waals surface area contributed by atoms with E-state index in [1.165, 1.54) is 4.90 Å². The molecule has 0 heterocycles. The first-order valence-corrected chi connectivity index (χ1v) is 6.58. The lowest BCUT2D eigenvalue weighted by Gasteiger charge is -2.34. The van der Waals surface area contributed by atoms with Crippen LogP contribution in [0.5, 0.6) is 0 Å². The van der Waals surface area contributed by atoms with E-state index in [9.17, 15) is 9.59 Å². The molecule has 18 heavy (non-hydrogen) atoms. The summed E-state index contributed by atoms with van der Waals surface area (Å²) < 4.78 is 0. The zero-order chi connectivity index (χ0) is 14.3. The first-order chi connectivity index (χ1) is 8.38. The molecule has 106 valence electrons. The van der Waals surface area contributed by atoms with Crippen molar-refractivity contribution in [3.8, 4) is 0 Å². The van der Waals surface area contributed by atoms with Crippen molar-refractivity contribution in [3.63, 3.8) is 0 Å². The SMILES string of the molecule is CCN(CC(=O)N(C)C)C(=O)C(CC)(CC)CN. The Kier molecular flexibility index (Phi) is 6.91. The number of carbonyl (C=O) groups is 2. The van der Waals surface area contributed by atoms with Gasteiger partial charge in [0, 0.05) is 27.2 Å². The molecule has 0 aliphatic heterocycles. The van der Waals surface area contributed by atoms with Crippen molar-refractivity contribution < 1.29 is 9.59 Å². The normalized spacial score (nSPS) is 11.2. The zero-order valence-electron chi connectivity index (χ0n) is 12.3. The Balaban J connectivity index is 4.94. The lowest BCUT2D eigenvalue weighted by Crippen LogP contribution is -2.50. The molecule has 0 aliphatic rings. The Hall–Kier alpha value is -1.10. The van der Waals surface area contributed by atoms with E-state index in [1.807, 2.05) is 20.8 Å². The summed E-state index contributed by atoms with van der Waals surface area (Å²) in [5.74, 6) is -0.0731. The van der Waals surface area contributed by atoms with Crippen LogP contribution in [-0.4, -0.2) is 55.3 Å². The number of amides is 2. The second kappa shape index (κ2) is 7.36. The maximum Gasteiger partial charge on any atom is 0.241 e. The number of likely N-dealkylation sites (N-methyl/N-ethyl adjacent to an activating group) is 2. The predicted molar refractivity (Wildman–Crippen MR) is 73.0 cm³/mol. The summed E-state index contributed by atoms with van der Waals surface area (Å²) in [6, 6.07) is 0. The predicted octanol–water partition coefficient (Wildman–Crippen LogP) is 0.688. The molecule has 0 saturated heterocycles. The number of nitrogens with two attached hydrogens (primary N) is 1. The lowest BCUT2D eigenvalue weighted by atomic mass is 9.81. The Morgan fingerprint density at radius 2 is 1.61 bits per heavy atom. The van der Waals surface area contributed by atoms with Gasteiger partial charge in [0.25, 0.3) is 0 Å². The van der Waals surface area contributed by atoms with Crippen LogP contribution in [0.4, 0.5) is 0 Å². The minimum absolute atomic E-state index is 0.00676. The molecule has 0 fully saturated rings. The molecule has 0 aromatic carbocycles. The van der Waals surface area contributed by atoms with Gasteiger partial charge in [-0.15, -0.1) is 0 Å². The van der Waals surface area contributed by atoms with Crippen molar-refractivity contribution in [1.82, 2.24) is 9.80 Å². The molecule has 0 aromatic rings. The first-order valence-electron chi connectivity index (χ1n) is 6.58. The second-order valence-electron chi connectivity index (χ2n) is 4.80. The van der Waals surface area contributed by atoms with E-state index in [0.29, 0.717) is 25.9 Å². The largest absolute Gasteiger partial charge is 0.347 e. The van der Waals surface area contributed by atoms with E-state index < -0.39 is 5.41 Å². The van der Waals surface area contributed by atoms with Crippen LogP contribution in [0, 0.1) is 5.41 Å². The third kappa shape index (κ3) is 3.70. The van der Waals surface area contributed by atoms with Gasteiger partial charge in [0.1, 0.15) is 0 Å². The average molecular weight is 257 g/mol. The Morgan fingerprint density at radius 3 is 1.89 bits per heavy atom. The van der Waals surface area contributed by atoms with Crippen LogP contribution < -0.4 is 5.73 Å². The summed E-state index contributed by atoms with van der Waals surface area (Å²) in [5.41, 5.74) is 5.24. The Bertz CT molecular complexity index is 278. The fourth-order valence-electron chi connectivity index (χ4n) is 1.90. The van der Waals surface area contributed by atoms with E-state index >= 15 is 0 Å². The van der Waals surface area contributed by atoms with Gasteiger partial charge in [-0.25, -0.2) is 0 Å². The maximum absolute atomic E-state index is 12.5. The highest BCUT2D eigenvalue weighted by Crippen LogP contribution is 2.27. The highest BCUT2D eigenvalue weighted by Gasteiger charge is 2.36. The molecular weight excluding hydrogens is 230 g/mol. The monoisotopic (exact) mass is 257 g/mol.